The van der Waals surface area contributed by atoms with Gasteiger partial charge in [0.25, 0.3) is 0 Å². The zero-order valence-electron chi connectivity index (χ0n) is 19.7. The molecule has 3 rings (SSSR count). The number of amides is 2. The molecule has 186 valence electrons. The molecule has 0 aromatic heterocycles. The Bertz CT molecular complexity index is 1070. The van der Waals surface area contributed by atoms with Crippen LogP contribution in [0.5, 0.6) is 0 Å². The Morgan fingerprint density at radius 2 is 1.57 bits per heavy atom. The van der Waals surface area contributed by atoms with E-state index in [0.717, 1.165) is 43.6 Å². The van der Waals surface area contributed by atoms with Crippen molar-refractivity contribution in [3.05, 3.63) is 87.4 Å². The SMILES string of the molecule is CNCCCNCCC(CNC(=O)Nc1cc(Cl)cc(Cl)c1)c1ccc(-c2cccc(Cl)c2)cc1. The van der Waals surface area contributed by atoms with E-state index in [1.165, 1.54) is 5.56 Å². The molecule has 5 nitrogen and oxygen atoms in total. The van der Waals surface area contributed by atoms with Crippen molar-refractivity contribution in [1.29, 1.82) is 0 Å². The lowest BCUT2D eigenvalue weighted by molar-refractivity contribution is 0.251. The van der Waals surface area contributed by atoms with Gasteiger partial charge < -0.3 is 21.3 Å². The average Bonchev–Trinajstić information content (AvgIpc) is 2.82. The van der Waals surface area contributed by atoms with E-state index in [9.17, 15) is 4.79 Å². The van der Waals surface area contributed by atoms with Crippen molar-refractivity contribution < 1.29 is 4.79 Å². The van der Waals surface area contributed by atoms with Crippen LogP contribution < -0.4 is 21.3 Å². The van der Waals surface area contributed by atoms with Crippen molar-refractivity contribution >= 4 is 46.5 Å². The largest absolute Gasteiger partial charge is 0.337 e. The summed E-state index contributed by atoms with van der Waals surface area (Å²) in [6.45, 7) is 3.29. The highest BCUT2D eigenvalue weighted by molar-refractivity contribution is 6.35. The number of halogens is 3. The van der Waals surface area contributed by atoms with Crippen molar-refractivity contribution in [3.8, 4) is 11.1 Å². The predicted molar refractivity (Wildman–Crippen MR) is 149 cm³/mol. The van der Waals surface area contributed by atoms with Gasteiger partial charge in [0.2, 0.25) is 0 Å². The summed E-state index contributed by atoms with van der Waals surface area (Å²) in [4.78, 5) is 12.5. The van der Waals surface area contributed by atoms with Crippen molar-refractivity contribution in [1.82, 2.24) is 16.0 Å². The average molecular weight is 534 g/mol. The van der Waals surface area contributed by atoms with Gasteiger partial charge in [0.1, 0.15) is 0 Å². The second kappa shape index (κ2) is 14.3. The van der Waals surface area contributed by atoms with Crippen molar-refractivity contribution in [3.63, 3.8) is 0 Å². The molecule has 0 saturated carbocycles. The maximum absolute atomic E-state index is 12.5. The fraction of sp³-hybridized carbons (Fsp3) is 0.296. The van der Waals surface area contributed by atoms with Gasteiger partial charge in [-0.05, 0) is 86.5 Å². The van der Waals surface area contributed by atoms with Crippen LogP contribution in [0.25, 0.3) is 11.1 Å². The Morgan fingerprint density at radius 3 is 2.26 bits per heavy atom. The van der Waals surface area contributed by atoms with Gasteiger partial charge in [-0.1, -0.05) is 71.2 Å². The molecule has 35 heavy (non-hydrogen) atoms. The van der Waals surface area contributed by atoms with Gasteiger partial charge in [-0.15, -0.1) is 0 Å². The summed E-state index contributed by atoms with van der Waals surface area (Å²) in [5.74, 6) is 0.147. The first-order chi connectivity index (χ1) is 16.9. The maximum Gasteiger partial charge on any atom is 0.319 e. The van der Waals surface area contributed by atoms with E-state index in [2.05, 4.69) is 45.5 Å². The Hall–Kier alpha value is -2.28. The number of rotatable bonds is 12. The third kappa shape index (κ3) is 9.36. The number of carbonyl (C=O) groups is 1. The molecule has 0 spiro atoms. The molecule has 4 N–H and O–H groups in total. The quantitative estimate of drug-likeness (QED) is 0.193. The highest BCUT2D eigenvalue weighted by Crippen LogP contribution is 2.26. The third-order valence-corrected chi connectivity index (χ3v) is 6.29. The van der Waals surface area contributed by atoms with Crippen LogP contribution in [0.3, 0.4) is 0 Å². The molecule has 8 heteroatoms. The summed E-state index contributed by atoms with van der Waals surface area (Å²) in [6.07, 6.45) is 1.96. The molecular formula is C27H31Cl3N4O. The lowest BCUT2D eigenvalue weighted by Gasteiger charge is -2.19. The van der Waals surface area contributed by atoms with E-state index in [-0.39, 0.29) is 11.9 Å². The number of carbonyl (C=O) groups excluding carboxylic acids is 1. The molecule has 3 aromatic carbocycles. The highest BCUT2D eigenvalue weighted by Gasteiger charge is 2.14. The third-order valence-electron chi connectivity index (χ3n) is 5.62. The lowest BCUT2D eigenvalue weighted by atomic mass is 9.93. The number of hydrogen-bond acceptors (Lipinski definition) is 3. The van der Waals surface area contributed by atoms with E-state index < -0.39 is 0 Å². The van der Waals surface area contributed by atoms with E-state index in [4.69, 9.17) is 34.8 Å². The summed E-state index contributed by atoms with van der Waals surface area (Å²) in [5.41, 5.74) is 3.89. The van der Waals surface area contributed by atoms with Crippen molar-refractivity contribution in [2.24, 2.45) is 0 Å². The smallest absolute Gasteiger partial charge is 0.319 e. The van der Waals surface area contributed by atoms with Crippen LogP contribution in [0.4, 0.5) is 10.5 Å². The number of anilines is 1. The standard InChI is InChI=1S/C27H31Cl3N4O/c1-31-11-3-12-32-13-10-22(18-33-27(35)34-26-16-24(29)15-25(30)17-26)20-8-6-19(7-9-20)21-4-2-5-23(28)14-21/h2,4-9,14-17,22,31-32H,3,10-13,18H2,1H3,(H2,33,34,35). The zero-order chi connectivity index (χ0) is 25.0. The molecule has 3 aromatic rings. The number of hydrogen-bond donors (Lipinski definition) is 4. The molecule has 1 atom stereocenters. The van der Waals surface area contributed by atoms with E-state index in [1.807, 2.05) is 31.3 Å². The molecule has 0 aliphatic carbocycles. The summed E-state index contributed by atoms with van der Waals surface area (Å²) in [7, 11) is 1.96. The van der Waals surface area contributed by atoms with Crippen molar-refractivity contribution in [2.75, 3.05) is 38.5 Å². The van der Waals surface area contributed by atoms with Gasteiger partial charge in [-0.3, -0.25) is 0 Å². The minimum Gasteiger partial charge on any atom is -0.337 e. The number of urea groups is 1. The van der Waals surface area contributed by atoms with Crippen LogP contribution in [0.15, 0.2) is 66.7 Å². The maximum atomic E-state index is 12.5. The van der Waals surface area contributed by atoms with E-state index in [0.29, 0.717) is 27.3 Å². The Labute approximate surface area is 222 Å². The minimum atomic E-state index is -0.300. The molecule has 1 unspecified atom stereocenters. The molecule has 0 saturated heterocycles. The predicted octanol–water partition coefficient (Wildman–Crippen LogP) is 6.81. The van der Waals surface area contributed by atoms with Crippen LogP contribution in [0.2, 0.25) is 15.1 Å². The molecule has 0 bridgehead atoms. The van der Waals surface area contributed by atoms with E-state index in [1.54, 1.807) is 18.2 Å². The fourth-order valence-corrected chi connectivity index (χ4v) is 4.53. The Kier molecular flexibility index (Phi) is 11.2. The van der Waals surface area contributed by atoms with Crippen LogP contribution in [0, 0.1) is 0 Å². The first kappa shape index (κ1) is 27.3. The monoisotopic (exact) mass is 532 g/mol. The molecule has 0 radical (unpaired) electrons. The first-order valence-electron chi connectivity index (χ1n) is 11.7. The summed E-state index contributed by atoms with van der Waals surface area (Å²) >= 11 is 18.2. The second-order valence-corrected chi connectivity index (χ2v) is 9.63. The summed E-state index contributed by atoms with van der Waals surface area (Å²) in [6, 6.07) is 20.9. The molecule has 0 fully saturated rings. The fourth-order valence-electron chi connectivity index (χ4n) is 3.81. The number of nitrogens with one attached hydrogen (secondary N) is 4. The van der Waals surface area contributed by atoms with Gasteiger partial charge in [0.05, 0.1) is 0 Å². The number of benzene rings is 3. The van der Waals surface area contributed by atoms with Crippen LogP contribution in [0.1, 0.15) is 24.3 Å². The summed E-state index contributed by atoms with van der Waals surface area (Å²) < 4.78 is 0. The minimum absolute atomic E-state index is 0.147. The molecular weight excluding hydrogens is 503 g/mol. The highest BCUT2D eigenvalue weighted by atomic mass is 35.5. The van der Waals surface area contributed by atoms with Gasteiger partial charge >= 0.3 is 6.03 Å². The van der Waals surface area contributed by atoms with Gasteiger partial charge in [0.15, 0.2) is 0 Å². The molecule has 0 heterocycles. The topological polar surface area (TPSA) is 65.2 Å². The van der Waals surface area contributed by atoms with E-state index >= 15 is 0 Å². The Morgan fingerprint density at radius 1 is 0.829 bits per heavy atom. The normalized spacial score (nSPS) is 11.8. The van der Waals surface area contributed by atoms with Gasteiger partial charge in [-0.2, -0.15) is 0 Å². The molecule has 2 amide bonds. The first-order valence-corrected chi connectivity index (χ1v) is 12.8. The second-order valence-electron chi connectivity index (χ2n) is 8.32. The Balaban J connectivity index is 1.64. The van der Waals surface area contributed by atoms with Crippen LogP contribution >= 0.6 is 34.8 Å². The van der Waals surface area contributed by atoms with Crippen LogP contribution in [-0.2, 0) is 0 Å². The van der Waals surface area contributed by atoms with Crippen LogP contribution in [-0.4, -0.2) is 39.3 Å². The summed E-state index contributed by atoms with van der Waals surface area (Å²) in [5, 5.41) is 14.1. The van der Waals surface area contributed by atoms with Crippen molar-refractivity contribution in [2.45, 2.75) is 18.8 Å². The molecule has 0 aliphatic heterocycles. The van der Waals surface area contributed by atoms with Gasteiger partial charge in [0, 0.05) is 33.2 Å². The lowest BCUT2D eigenvalue weighted by Crippen LogP contribution is -2.33. The molecule has 0 aliphatic rings. The zero-order valence-corrected chi connectivity index (χ0v) is 22.0. The van der Waals surface area contributed by atoms with Gasteiger partial charge in [-0.25, -0.2) is 4.79 Å².